The summed E-state index contributed by atoms with van der Waals surface area (Å²) in [7, 11) is 3.13. The lowest BCUT2D eigenvalue weighted by atomic mass is 9.87. The number of methoxy groups -OCH3 is 2. The lowest BCUT2D eigenvalue weighted by Gasteiger charge is -2.15. The lowest BCUT2D eigenvalue weighted by molar-refractivity contribution is 0.0962. The number of nitrogens with zero attached hydrogens (tertiary/aromatic N) is 2. The second-order valence-electron chi connectivity index (χ2n) is 7.22. The van der Waals surface area contributed by atoms with Crippen molar-refractivity contribution in [3.8, 4) is 28.8 Å². The Labute approximate surface area is 184 Å². The van der Waals surface area contributed by atoms with Crippen LogP contribution in [0.5, 0.6) is 11.5 Å². The standard InChI is InChI=1S/C24H20N2O4S/c1-29-21-9-7-15(11-22(21)30-2)19-13-31-24(26-19)18(12-25)23(28)16-6-8-17-14(10-16)4-3-5-20(17)27/h6-11,13,18H,3-5H2,1-2H3. The molecule has 7 heteroatoms. The molecule has 0 amide bonds. The molecule has 3 aromatic rings. The van der Waals surface area contributed by atoms with E-state index in [0.717, 1.165) is 24.0 Å². The number of ether oxygens (including phenoxy) is 2. The number of thiazole rings is 1. The Morgan fingerprint density at radius 2 is 1.94 bits per heavy atom. The SMILES string of the molecule is COc1ccc(-c2csc(C(C#N)C(=O)c3ccc4c(c3)CCCC4=O)n2)cc1OC. The van der Waals surface area contributed by atoms with E-state index in [0.29, 0.717) is 39.7 Å². The molecule has 1 aromatic heterocycles. The summed E-state index contributed by atoms with van der Waals surface area (Å²) in [6.45, 7) is 0. The summed E-state index contributed by atoms with van der Waals surface area (Å²) in [5.41, 5.74) is 3.45. The van der Waals surface area contributed by atoms with Crippen LogP contribution in [-0.4, -0.2) is 30.8 Å². The van der Waals surface area contributed by atoms with Gasteiger partial charge in [0, 0.05) is 28.5 Å². The Balaban J connectivity index is 1.62. The quantitative estimate of drug-likeness (QED) is 0.518. The van der Waals surface area contributed by atoms with E-state index in [2.05, 4.69) is 11.1 Å². The zero-order valence-corrected chi connectivity index (χ0v) is 18.0. The summed E-state index contributed by atoms with van der Waals surface area (Å²) >= 11 is 1.27. The third-order valence-electron chi connectivity index (χ3n) is 5.38. The van der Waals surface area contributed by atoms with Crippen molar-refractivity contribution in [2.45, 2.75) is 25.2 Å². The minimum absolute atomic E-state index is 0.108. The molecule has 156 valence electrons. The molecule has 4 rings (SSSR count). The molecule has 1 aliphatic carbocycles. The van der Waals surface area contributed by atoms with Gasteiger partial charge in [0.1, 0.15) is 5.01 Å². The zero-order chi connectivity index (χ0) is 22.0. The van der Waals surface area contributed by atoms with E-state index in [1.54, 1.807) is 44.6 Å². The number of carbonyl (C=O) groups excluding carboxylic acids is 2. The molecule has 0 aliphatic heterocycles. The number of aryl methyl sites for hydroxylation is 1. The van der Waals surface area contributed by atoms with Gasteiger partial charge < -0.3 is 9.47 Å². The second-order valence-corrected chi connectivity index (χ2v) is 8.11. The molecule has 0 N–H and O–H groups in total. The minimum Gasteiger partial charge on any atom is -0.493 e. The highest BCUT2D eigenvalue weighted by Crippen LogP contribution is 2.34. The van der Waals surface area contributed by atoms with E-state index < -0.39 is 5.92 Å². The first kappa shape index (κ1) is 20.8. The summed E-state index contributed by atoms with van der Waals surface area (Å²) in [4.78, 5) is 29.7. The van der Waals surface area contributed by atoms with Crippen molar-refractivity contribution < 1.29 is 19.1 Å². The largest absolute Gasteiger partial charge is 0.493 e. The third kappa shape index (κ3) is 3.94. The molecule has 0 saturated carbocycles. The average molecular weight is 433 g/mol. The van der Waals surface area contributed by atoms with E-state index in [-0.39, 0.29) is 11.6 Å². The number of benzene rings is 2. The highest BCUT2D eigenvalue weighted by atomic mass is 32.1. The molecule has 0 radical (unpaired) electrons. The van der Waals surface area contributed by atoms with E-state index >= 15 is 0 Å². The Hall–Kier alpha value is -3.50. The molecule has 6 nitrogen and oxygen atoms in total. The van der Waals surface area contributed by atoms with Gasteiger partial charge in [0.05, 0.1) is 26.0 Å². The van der Waals surface area contributed by atoms with Crippen LogP contribution in [-0.2, 0) is 6.42 Å². The van der Waals surface area contributed by atoms with Gasteiger partial charge in [0.15, 0.2) is 29.0 Å². The Morgan fingerprint density at radius 1 is 1.13 bits per heavy atom. The molecule has 31 heavy (non-hydrogen) atoms. The van der Waals surface area contributed by atoms with Crippen molar-refractivity contribution in [2.24, 2.45) is 0 Å². The number of ketones is 2. The Bertz CT molecular complexity index is 1210. The van der Waals surface area contributed by atoms with Crippen LogP contribution in [0, 0.1) is 11.3 Å². The van der Waals surface area contributed by atoms with Crippen LogP contribution in [0.1, 0.15) is 50.0 Å². The monoisotopic (exact) mass is 432 g/mol. The van der Waals surface area contributed by atoms with Crippen molar-refractivity contribution in [3.63, 3.8) is 0 Å². The maximum absolute atomic E-state index is 13.1. The summed E-state index contributed by atoms with van der Waals surface area (Å²) in [5, 5.41) is 12.0. The van der Waals surface area contributed by atoms with Crippen molar-refractivity contribution in [1.82, 2.24) is 4.98 Å². The van der Waals surface area contributed by atoms with Gasteiger partial charge in [-0.25, -0.2) is 4.98 Å². The maximum Gasteiger partial charge on any atom is 0.186 e. The molecule has 1 aliphatic rings. The number of fused-ring (bicyclic) bond motifs is 1. The van der Waals surface area contributed by atoms with Crippen molar-refractivity contribution >= 4 is 22.9 Å². The fourth-order valence-electron chi connectivity index (χ4n) is 3.74. The van der Waals surface area contributed by atoms with Gasteiger partial charge in [0.2, 0.25) is 0 Å². The van der Waals surface area contributed by atoms with Gasteiger partial charge >= 0.3 is 0 Å². The first-order valence-electron chi connectivity index (χ1n) is 9.83. The van der Waals surface area contributed by atoms with Gasteiger partial charge in [0.25, 0.3) is 0 Å². The molecule has 1 heterocycles. The number of nitriles is 1. The van der Waals surface area contributed by atoms with Gasteiger partial charge in [-0.1, -0.05) is 12.1 Å². The number of hydrogen-bond acceptors (Lipinski definition) is 7. The van der Waals surface area contributed by atoms with Gasteiger partial charge in [-0.05, 0) is 42.7 Å². The number of aromatic nitrogens is 1. The molecule has 0 fully saturated rings. The van der Waals surface area contributed by atoms with Crippen LogP contribution < -0.4 is 9.47 Å². The smallest absolute Gasteiger partial charge is 0.186 e. The topological polar surface area (TPSA) is 89.3 Å². The van der Waals surface area contributed by atoms with Crippen LogP contribution in [0.4, 0.5) is 0 Å². The molecule has 0 saturated heterocycles. The second kappa shape index (κ2) is 8.70. The fraction of sp³-hybridized carbons (Fsp3) is 0.250. The third-order valence-corrected chi connectivity index (χ3v) is 6.29. The maximum atomic E-state index is 13.1. The molecule has 0 bridgehead atoms. The molecule has 0 spiro atoms. The van der Waals surface area contributed by atoms with Crippen molar-refractivity contribution in [3.05, 3.63) is 63.5 Å². The van der Waals surface area contributed by atoms with E-state index in [1.807, 2.05) is 11.4 Å². The fourth-order valence-corrected chi connectivity index (χ4v) is 4.61. The minimum atomic E-state index is -1.00. The average Bonchev–Trinajstić information content (AvgIpc) is 3.28. The normalized spacial score (nSPS) is 13.8. The number of Topliss-reactive ketones (excluding diaryl/α,β-unsaturated/α-hetero) is 2. The van der Waals surface area contributed by atoms with Gasteiger partial charge in [-0.2, -0.15) is 5.26 Å². The van der Waals surface area contributed by atoms with E-state index in [9.17, 15) is 14.9 Å². The van der Waals surface area contributed by atoms with E-state index in [1.165, 1.54) is 11.3 Å². The summed E-state index contributed by atoms with van der Waals surface area (Å²) in [6, 6.07) is 12.6. The first-order chi connectivity index (χ1) is 15.0. The summed E-state index contributed by atoms with van der Waals surface area (Å²) < 4.78 is 10.6. The Kier molecular flexibility index (Phi) is 5.83. The highest BCUT2D eigenvalue weighted by Gasteiger charge is 2.27. The number of rotatable bonds is 6. The number of carbonyl (C=O) groups is 2. The van der Waals surface area contributed by atoms with Crippen molar-refractivity contribution in [2.75, 3.05) is 14.2 Å². The summed E-state index contributed by atoms with van der Waals surface area (Å²) in [6.07, 6.45) is 2.09. The Morgan fingerprint density at radius 3 is 2.68 bits per heavy atom. The predicted octanol–water partition coefficient (Wildman–Crippen LogP) is 4.84. The molecule has 2 aromatic carbocycles. The predicted molar refractivity (Wildman–Crippen MR) is 117 cm³/mol. The van der Waals surface area contributed by atoms with Crippen LogP contribution in [0.15, 0.2) is 41.8 Å². The van der Waals surface area contributed by atoms with E-state index in [4.69, 9.17) is 9.47 Å². The molecule has 1 unspecified atom stereocenters. The van der Waals surface area contributed by atoms with Crippen LogP contribution >= 0.6 is 11.3 Å². The lowest BCUT2D eigenvalue weighted by Crippen LogP contribution is -2.15. The summed E-state index contributed by atoms with van der Waals surface area (Å²) in [5.74, 6) is -0.0203. The first-order valence-corrected chi connectivity index (χ1v) is 10.7. The molecule has 1 atom stereocenters. The van der Waals surface area contributed by atoms with Crippen LogP contribution in [0.25, 0.3) is 11.3 Å². The molecular weight excluding hydrogens is 412 g/mol. The highest BCUT2D eigenvalue weighted by molar-refractivity contribution is 7.10. The zero-order valence-electron chi connectivity index (χ0n) is 17.2. The molecular formula is C24H20N2O4S. The van der Waals surface area contributed by atoms with Crippen LogP contribution in [0.2, 0.25) is 0 Å². The van der Waals surface area contributed by atoms with Gasteiger partial charge in [-0.3, -0.25) is 9.59 Å². The number of hydrogen-bond donors (Lipinski definition) is 0. The van der Waals surface area contributed by atoms with Crippen molar-refractivity contribution in [1.29, 1.82) is 5.26 Å². The van der Waals surface area contributed by atoms with Gasteiger partial charge in [-0.15, -0.1) is 11.3 Å². The van der Waals surface area contributed by atoms with Crippen LogP contribution in [0.3, 0.4) is 0 Å².